The van der Waals surface area contributed by atoms with Crippen molar-refractivity contribution in [1.82, 2.24) is 0 Å². The molecule has 30 heavy (non-hydrogen) atoms. The molecular weight excluding hydrogens is 392 g/mol. The van der Waals surface area contributed by atoms with Crippen molar-refractivity contribution in [3.05, 3.63) is 53.1 Å². The third-order valence-corrected chi connectivity index (χ3v) is 6.19. The molecule has 0 aliphatic heterocycles. The minimum absolute atomic E-state index is 0.00106. The highest BCUT2D eigenvalue weighted by Gasteiger charge is 2.16. The van der Waals surface area contributed by atoms with Crippen molar-refractivity contribution >= 4 is 35.0 Å². The minimum atomic E-state index is -0.0886. The van der Waals surface area contributed by atoms with Crippen molar-refractivity contribution in [1.29, 1.82) is 0 Å². The zero-order valence-corrected chi connectivity index (χ0v) is 19.7. The molecule has 2 rings (SSSR count). The van der Waals surface area contributed by atoms with Crippen molar-refractivity contribution in [2.24, 2.45) is 0 Å². The molecule has 0 aliphatic rings. The number of carbonyl (C=O) groups is 2. The predicted octanol–water partition coefficient (Wildman–Crippen LogP) is 6.49. The van der Waals surface area contributed by atoms with Gasteiger partial charge in [-0.1, -0.05) is 49.9 Å². The molecule has 162 valence electrons. The number of carbonyl (C=O) groups excluding carboxylic acids is 2. The molecule has 1 N–H and O–H groups in total. The van der Waals surface area contributed by atoms with Crippen LogP contribution in [-0.2, 0) is 16.1 Å². The number of hydrogen-bond acceptors (Lipinski definition) is 3. The lowest BCUT2D eigenvalue weighted by molar-refractivity contribution is -0.117. The van der Waals surface area contributed by atoms with Crippen molar-refractivity contribution in [3.8, 4) is 0 Å². The van der Waals surface area contributed by atoms with Crippen LogP contribution in [0.3, 0.4) is 0 Å². The van der Waals surface area contributed by atoms with Crippen LogP contribution in [0.25, 0.3) is 0 Å². The van der Waals surface area contributed by atoms with E-state index in [9.17, 15) is 9.59 Å². The zero-order chi connectivity index (χ0) is 22.1. The first-order chi connectivity index (χ1) is 14.3. The Labute approximate surface area is 185 Å². The van der Waals surface area contributed by atoms with Crippen molar-refractivity contribution in [3.63, 3.8) is 0 Å². The van der Waals surface area contributed by atoms with Gasteiger partial charge in [0.2, 0.25) is 11.8 Å². The Hall–Kier alpha value is -2.27. The second kappa shape index (κ2) is 11.8. The van der Waals surface area contributed by atoms with Crippen LogP contribution in [0.5, 0.6) is 0 Å². The molecule has 0 fully saturated rings. The van der Waals surface area contributed by atoms with E-state index in [2.05, 4.69) is 44.3 Å². The highest BCUT2D eigenvalue weighted by molar-refractivity contribution is 7.99. The predicted molar refractivity (Wildman–Crippen MR) is 128 cm³/mol. The summed E-state index contributed by atoms with van der Waals surface area (Å²) in [6.07, 6.45) is 4.81. The summed E-state index contributed by atoms with van der Waals surface area (Å²) in [5, 5.41) is 2.92. The molecule has 2 aromatic carbocycles. The average molecular weight is 427 g/mol. The van der Waals surface area contributed by atoms with Gasteiger partial charge in [-0.25, -0.2) is 0 Å². The molecule has 0 saturated heterocycles. The van der Waals surface area contributed by atoms with E-state index < -0.39 is 0 Å². The lowest BCUT2D eigenvalue weighted by Gasteiger charge is -2.24. The van der Waals surface area contributed by atoms with E-state index in [1.54, 1.807) is 23.6 Å². The van der Waals surface area contributed by atoms with Crippen LogP contribution < -0.4 is 10.2 Å². The smallest absolute Gasteiger partial charge is 0.224 e. The third-order valence-electron chi connectivity index (χ3n) is 5.05. The lowest BCUT2D eigenvalue weighted by Crippen LogP contribution is -2.28. The number of aryl methyl sites for hydroxylation is 2. The van der Waals surface area contributed by atoms with Crippen LogP contribution in [0, 0.1) is 13.8 Å². The molecule has 0 unspecified atom stereocenters. The monoisotopic (exact) mass is 426 g/mol. The van der Waals surface area contributed by atoms with Gasteiger partial charge in [-0.15, -0.1) is 11.8 Å². The van der Waals surface area contributed by atoms with Gasteiger partial charge in [0.15, 0.2) is 0 Å². The maximum Gasteiger partial charge on any atom is 0.224 e. The summed E-state index contributed by atoms with van der Waals surface area (Å²) < 4.78 is 0. The largest absolute Gasteiger partial charge is 0.325 e. The van der Waals surface area contributed by atoms with Crippen LogP contribution >= 0.6 is 11.8 Å². The van der Waals surface area contributed by atoms with Gasteiger partial charge in [-0.05, 0) is 55.3 Å². The second-order valence-electron chi connectivity index (χ2n) is 7.81. The maximum absolute atomic E-state index is 12.5. The summed E-state index contributed by atoms with van der Waals surface area (Å²) >= 11 is 1.74. The molecule has 2 aromatic rings. The summed E-state index contributed by atoms with van der Waals surface area (Å²) in [7, 11) is 0. The fourth-order valence-corrected chi connectivity index (χ4v) is 4.43. The van der Waals surface area contributed by atoms with Crippen molar-refractivity contribution < 1.29 is 9.59 Å². The molecule has 0 saturated carbocycles. The zero-order valence-electron chi connectivity index (χ0n) is 18.9. The van der Waals surface area contributed by atoms with Gasteiger partial charge in [-0.2, -0.15) is 0 Å². The number of thioether (sulfide) groups is 1. The van der Waals surface area contributed by atoms with E-state index in [4.69, 9.17) is 0 Å². The number of unbranched alkanes of at least 4 members (excludes halogenated alkanes) is 3. The third kappa shape index (κ3) is 7.21. The molecule has 4 nitrogen and oxygen atoms in total. The molecular formula is C25H34N2O2S. The van der Waals surface area contributed by atoms with Crippen LogP contribution in [-0.4, -0.2) is 17.6 Å². The van der Waals surface area contributed by atoms with E-state index in [-0.39, 0.29) is 11.8 Å². The van der Waals surface area contributed by atoms with E-state index in [0.717, 1.165) is 34.0 Å². The highest BCUT2D eigenvalue weighted by Crippen LogP contribution is 2.33. The summed E-state index contributed by atoms with van der Waals surface area (Å²) in [6.45, 7) is 10.0. The van der Waals surface area contributed by atoms with Gasteiger partial charge in [-0.3, -0.25) is 9.59 Å². The van der Waals surface area contributed by atoms with Gasteiger partial charge in [0, 0.05) is 24.4 Å². The van der Waals surface area contributed by atoms with Crippen LogP contribution in [0.2, 0.25) is 0 Å². The Kier molecular flexibility index (Phi) is 9.44. The van der Waals surface area contributed by atoms with Crippen LogP contribution in [0.4, 0.5) is 11.4 Å². The summed E-state index contributed by atoms with van der Waals surface area (Å²) in [6, 6.07) is 12.2. The Bertz CT molecular complexity index is 879. The highest BCUT2D eigenvalue weighted by atomic mass is 32.2. The first-order valence-electron chi connectivity index (χ1n) is 10.7. The second-order valence-corrected chi connectivity index (χ2v) is 8.94. The topological polar surface area (TPSA) is 49.4 Å². The molecule has 0 radical (unpaired) electrons. The molecule has 0 atom stereocenters. The first kappa shape index (κ1) is 24.0. The number of hydrogen-bond donors (Lipinski definition) is 1. The standard InChI is InChI=1S/C25H34N2O2S/c1-6-7-8-9-14-30-25-16-23(12-13-24(25)26-20(4)28)27(21(5)29)17-22-11-10-18(2)15-19(22)3/h10-13,15-16H,6-9,14,17H2,1-5H3,(H,26,28). The van der Waals surface area contributed by atoms with Crippen molar-refractivity contribution in [2.45, 2.75) is 71.7 Å². The fourth-order valence-electron chi connectivity index (χ4n) is 3.38. The molecule has 0 bridgehead atoms. The number of anilines is 2. The summed E-state index contributed by atoms with van der Waals surface area (Å²) in [5.41, 5.74) is 5.19. The number of amides is 2. The lowest BCUT2D eigenvalue weighted by atomic mass is 10.0. The van der Waals surface area contributed by atoms with Gasteiger partial charge < -0.3 is 10.2 Å². The Morgan fingerprint density at radius 1 is 1.00 bits per heavy atom. The number of nitrogens with one attached hydrogen (secondary N) is 1. The van der Waals surface area contributed by atoms with Crippen molar-refractivity contribution in [2.75, 3.05) is 16.0 Å². The van der Waals surface area contributed by atoms with E-state index >= 15 is 0 Å². The van der Waals surface area contributed by atoms with E-state index in [1.807, 2.05) is 18.2 Å². The van der Waals surface area contributed by atoms with Crippen LogP contribution in [0.15, 0.2) is 41.3 Å². The molecule has 5 heteroatoms. The van der Waals surface area contributed by atoms with Gasteiger partial charge in [0.25, 0.3) is 0 Å². The van der Waals surface area contributed by atoms with Gasteiger partial charge in [0.05, 0.1) is 12.2 Å². The normalized spacial score (nSPS) is 10.7. The molecule has 0 heterocycles. The fraction of sp³-hybridized carbons (Fsp3) is 0.440. The number of rotatable bonds is 10. The molecule has 0 aliphatic carbocycles. The van der Waals surface area contributed by atoms with Gasteiger partial charge >= 0.3 is 0 Å². The first-order valence-corrected chi connectivity index (χ1v) is 11.7. The number of benzene rings is 2. The Balaban J connectivity index is 2.28. The maximum atomic E-state index is 12.5. The SMILES string of the molecule is CCCCCCSc1cc(N(Cc2ccc(C)cc2C)C(C)=O)ccc1NC(C)=O. The summed E-state index contributed by atoms with van der Waals surface area (Å²) in [4.78, 5) is 26.9. The Morgan fingerprint density at radius 3 is 2.40 bits per heavy atom. The summed E-state index contributed by atoms with van der Waals surface area (Å²) in [5.74, 6) is 0.906. The minimum Gasteiger partial charge on any atom is -0.325 e. The van der Waals surface area contributed by atoms with E-state index in [1.165, 1.54) is 37.3 Å². The molecule has 0 spiro atoms. The molecule has 0 aromatic heterocycles. The molecule has 2 amide bonds. The quantitative estimate of drug-likeness (QED) is 0.349. The average Bonchev–Trinajstić information content (AvgIpc) is 2.68. The van der Waals surface area contributed by atoms with E-state index in [0.29, 0.717) is 6.54 Å². The number of nitrogens with zero attached hydrogens (tertiary/aromatic N) is 1. The van der Waals surface area contributed by atoms with Crippen LogP contribution in [0.1, 0.15) is 63.1 Å². The Morgan fingerprint density at radius 2 is 1.77 bits per heavy atom. The van der Waals surface area contributed by atoms with Gasteiger partial charge in [0.1, 0.15) is 0 Å².